The van der Waals surface area contributed by atoms with Crippen molar-refractivity contribution < 1.29 is 13.9 Å². The Kier molecular flexibility index (Phi) is 4.29. The van der Waals surface area contributed by atoms with Gasteiger partial charge >= 0.3 is 0 Å². The Labute approximate surface area is 126 Å². The first-order valence-corrected chi connectivity index (χ1v) is 7.04. The molecule has 3 N–H and O–H groups in total. The first-order chi connectivity index (χ1) is 10.7. The van der Waals surface area contributed by atoms with Gasteiger partial charge in [0.15, 0.2) is 5.69 Å². The van der Waals surface area contributed by atoms with Gasteiger partial charge in [-0.2, -0.15) is 15.4 Å². The van der Waals surface area contributed by atoms with Gasteiger partial charge in [-0.3, -0.25) is 4.79 Å². The number of anilines is 2. The van der Waals surface area contributed by atoms with Crippen molar-refractivity contribution in [1.82, 2.24) is 15.4 Å². The fourth-order valence-electron chi connectivity index (χ4n) is 2.27. The van der Waals surface area contributed by atoms with E-state index in [1.807, 2.05) is 0 Å². The first-order valence-electron chi connectivity index (χ1n) is 7.04. The van der Waals surface area contributed by atoms with E-state index in [-0.39, 0.29) is 11.8 Å². The van der Waals surface area contributed by atoms with Crippen LogP contribution in [0.3, 0.4) is 0 Å². The van der Waals surface area contributed by atoms with E-state index < -0.39 is 11.7 Å². The minimum atomic E-state index is -0.451. The molecular formula is C14H16FN5O2. The van der Waals surface area contributed by atoms with E-state index in [4.69, 9.17) is 4.74 Å². The number of aromatic amines is 1. The summed E-state index contributed by atoms with van der Waals surface area (Å²) in [6, 6.07) is 4.47. The van der Waals surface area contributed by atoms with Gasteiger partial charge in [0, 0.05) is 18.8 Å². The van der Waals surface area contributed by atoms with E-state index >= 15 is 0 Å². The molecule has 1 saturated heterocycles. The predicted octanol–water partition coefficient (Wildman–Crippen LogP) is 1.79. The van der Waals surface area contributed by atoms with Crippen molar-refractivity contribution in [2.24, 2.45) is 0 Å². The number of nitrogens with one attached hydrogen (secondary N) is 3. The molecule has 0 bridgehead atoms. The molecule has 1 atom stereocenters. The van der Waals surface area contributed by atoms with Crippen LogP contribution in [0.5, 0.6) is 0 Å². The summed E-state index contributed by atoms with van der Waals surface area (Å²) in [4.78, 5) is 11.8. The molecular weight excluding hydrogens is 289 g/mol. The minimum absolute atomic E-state index is 0.131. The quantitative estimate of drug-likeness (QED) is 0.783. The summed E-state index contributed by atoms with van der Waals surface area (Å²) < 4.78 is 19.5. The number of hydrogen-bond acceptors (Lipinski definition) is 5. The summed E-state index contributed by atoms with van der Waals surface area (Å²) in [5.74, 6) is -0.885. The van der Waals surface area contributed by atoms with Crippen molar-refractivity contribution >= 4 is 17.3 Å². The van der Waals surface area contributed by atoms with Crippen molar-refractivity contribution in [2.75, 3.05) is 23.8 Å². The topological polar surface area (TPSA) is 91.9 Å². The third-order valence-electron chi connectivity index (χ3n) is 3.42. The van der Waals surface area contributed by atoms with Gasteiger partial charge < -0.3 is 15.4 Å². The van der Waals surface area contributed by atoms with Crippen molar-refractivity contribution in [3.63, 3.8) is 0 Å². The molecule has 1 fully saturated rings. The number of ether oxygens (including phenoxy) is 1. The number of nitrogens with zero attached hydrogens (tertiary/aromatic N) is 2. The Bertz CT molecular complexity index is 641. The van der Waals surface area contributed by atoms with E-state index in [1.165, 1.54) is 12.3 Å². The number of rotatable bonds is 5. The number of amides is 1. The third kappa shape index (κ3) is 3.40. The van der Waals surface area contributed by atoms with E-state index in [0.717, 1.165) is 19.4 Å². The number of carbonyl (C=O) groups excluding carboxylic acids is 1. The number of hydrogen-bond donors (Lipinski definition) is 3. The molecule has 2 heterocycles. The van der Waals surface area contributed by atoms with Gasteiger partial charge in [0.1, 0.15) is 5.82 Å². The molecule has 2 aromatic rings. The van der Waals surface area contributed by atoms with Crippen molar-refractivity contribution in [3.05, 3.63) is 35.9 Å². The Hall–Kier alpha value is -2.48. The molecule has 1 aliphatic heterocycles. The van der Waals surface area contributed by atoms with Crippen LogP contribution in [0.1, 0.15) is 23.3 Å². The minimum Gasteiger partial charge on any atom is -0.380 e. The molecule has 1 aromatic heterocycles. The summed E-state index contributed by atoms with van der Waals surface area (Å²) in [7, 11) is 0. The monoisotopic (exact) mass is 305 g/mol. The van der Waals surface area contributed by atoms with E-state index in [1.54, 1.807) is 12.1 Å². The first kappa shape index (κ1) is 14.5. The normalized spacial score (nSPS) is 17.4. The Morgan fingerprint density at radius 3 is 3.09 bits per heavy atom. The SMILES string of the molecule is O=C(Nc1ccc(NCC2CCCO2)c(F)c1)c1cn[nH]n1. The zero-order valence-electron chi connectivity index (χ0n) is 11.8. The fourth-order valence-corrected chi connectivity index (χ4v) is 2.27. The largest absolute Gasteiger partial charge is 0.380 e. The zero-order chi connectivity index (χ0) is 15.4. The highest BCUT2D eigenvalue weighted by Gasteiger charge is 2.16. The predicted molar refractivity (Wildman–Crippen MR) is 78.2 cm³/mol. The molecule has 1 amide bonds. The second kappa shape index (κ2) is 6.52. The summed E-state index contributed by atoms with van der Waals surface area (Å²) >= 11 is 0. The fraction of sp³-hybridized carbons (Fsp3) is 0.357. The zero-order valence-corrected chi connectivity index (χ0v) is 11.8. The molecule has 1 unspecified atom stereocenters. The summed E-state index contributed by atoms with van der Waals surface area (Å²) in [6.07, 6.45) is 3.46. The molecule has 0 radical (unpaired) electrons. The molecule has 8 heteroatoms. The Morgan fingerprint density at radius 2 is 2.41 bits per heavy atom. The highest BCUT2D eigenvalue weighted by molar-refractivity contribution is 6.02. The van der Waals surface area contributed by atoms with Crippen molar-refractivity contribution in [3.8, 4) is 0 Å². The van der Waals surface area contributed by atoms with Gasteiger partial charge in [0.2, 0.25) is 0 Å². The van der Waals surface area contributed by atoms with Crippen LogP contribution in [-0.4, -0.2) is 40.6 Å². The number of halogens is 1. The molecule has 0 spiro atoms. The van der Waals surface area contributed by atoms with Gasteiger partial charge in [-0.05, 0) is 31.0 Å². The van der Waals surface area contributed by atoms with Gasteiger partial charge in [-0.1, -0.05) is 0 Å². The lowest BCUT2D eigenvalue weighted by Crippen LogP contribution is -2.19. The number of benzene rings is 1. The average molecular weight is 305 g/mol. The molecule has 7 nitrogen and oxygen atoms in total. The molecule has 0 aliphatic carbocycles. The molecule has 1 aromatic carbocycles. The van der Waals surface area contributed by atoms with Crippen molar-refractivity contribution in [2.45, 2.75) is 18.9 Å². The standard InChI is InChI=1S/C14H16FN5O2/c15-11-6-9(18-14(21)13-8-17-20-19-13)3-4-12(11)16-7-10-2-1-5-22-10/h3-4,6,8,10,16H,1-2,5,7H2,(H,18,21)(H,17,19,20). The smallest absolute Gasteiger partial charge is 0.277 e. The van der Waals surface area contributed by atoms with Crippen LogP contribution in [0.4, 0.5) is 15.8 Å². The van der Waals surface area contributed by atoms with Gasteiger partial charge in [0.25, 0.3) is 5.91 Å². The van der Waals surface area contributed by atoms with E-state index in [9.17, 15) is 9.18 Å². The molecule has 22 heavy (non-hydrogen) atoms. The summed E-state index contributed by atoms with van der Waals surface area (Å²) in [5.41, 5.74) is 0.879. The van der Waals surface area contributed by atoms with E-state index in [2.05, 4.69) is 26.0 Å². The van der Waals surface area contributed by atoms with Crippen LogP contribution in [0.15, 0.2) is 24.4 Å². The Balaban J connectivity index is 1.60. The summed E-state index contributed by atoms with van der Waals surface area (Å²) in [5, 5.41) is 15.1. The maximum Gasteiger partial charge on any atom is 0.277 e. The van der Waals surface area contributed by atoms with Crippen LogP contribution >= 0.6 is 0 Å². The third-order valence-corrected chi connectivity index (χ3v) is 3.42. The molecule has 3 rings (SSSR count). The lowest BCUT2D eigenvalue weighted by atomic mass is 10.2. The second-order valence-corrected chi connectivity index (χ2v) is 5.02. The van der Waals surface area contributed by atoms with Crippen molar-refractivity contribution in [1.29, 1.82) is 0 Å². The maximum absolute atomic E-state index is 14.0. The van der Waals surface area contributed by atoms with Gasteiger partial charge in [-0.25, -0.2) is 4.39 Å². The second-order valence-electron chi connectivity index (χ2n) is 5.02. The number of aromatic nitrogens is 3. The summed E-state index contributed by atoms with van der Waals surface area (Å²) in [6.45, 7) is 1.34. The molecule has 1 aliphatic rings. The van der Waals surface area contributed by atoms with Gasteiger partial charge in [0.05, 0.1) is 18.0 Å². The van der Waals surface area contributed by atoms with Crippen LogP contribution in [0, 0.1) is 5.82 Å². The van der Waals surface area contributed by atoms with Crippen LogP contribution < -0.4 is 10.6 Å². The average Bonchev–Trinajstić information content (AvgIpc) is 3.20. The number of H-pyrrole nitrogens is 1. The molecule has 116 valence electrons. The van der Waals surface area contributed by atoms with E-state index in [0.29, 0.717) is 17.9 Å². The molecule has 0 saturated carbocycles. The highest BCUT2D eigenvalue weighted by atomic mass is 19.1. The van der Waals surface area contributed by atoms with Crippen LogP contribution in [0.2, 0.25) is 0 Å². The number of carbonyl (C=O) groups is 1. The maximum atomic E-state index is 14.0. The Morgan fingerprint density at radius 1 is 1.50 bits per heavy atom. The lowest BCUT2D eigenvalue weighted by molar-refractivity contribution is 0.102. The highest BCUT2D eigenvalue weighted by Crippen LogP contribution is 2.20. The van der Waals surface area contributed by atoms with Crippen LogP contribution in [-0.2, 0) is 4.74 Å². The lowest BCUT2D eigenvalue weighted by Gasteiger charge is -2.13. The van der Waals surface area contributed by atoms with Gasteiger partial charge in [-0.15, -0.1) is 0 Å². The van der Waals surface area contributed by atoms with Crippen LogP contribution in [0.25, 0.3) is 0 Å².